The first-order chi connectivity index (χ1) is 13.0. The maximum absolute atomic E-state index is 2.61. The Morgan fingerprint density at radius 1 is 0.500 bits per heavy atom. The van der Waals surface area contributed by atoms with Gasteiger partial charge in [0.05, 0.1) is 0 Å². The van der Waals surface area contributed by atoms with Gasteiger partial charge >= 0.3 is 0 Å². The molecule has 0 spiro atoms. The van der Waals surface area contributed by atoms with Crippen molar-refractivity contribution in [2.24, 2.45) is 57.2 Å². The summed E-state index contributed by atoms with van der Waals surface area (Å²) in [6.07, 6.45) is 15.4. The molecule has 8 rings (SSSR count). The van der Waals surface area contributed by atoms with E-state index in [1.807, 2.05) is 0 Å². The lowest BCUT2D eigenvalue weighted by atomic mass is 9.35. The van der Waals surface area contributed by atoms with E-state index < -0.39 is 0 Å². The Labute approximate surface area is 174 Å². The molecule has 156 valence electrons. The van der Waals surface area contributed by atoms with Crippen molar-refractivity contribution in [3.8, 4) is 0 Å². The van der Waals surface area contributed by atoms with Gasteiger partial charge in [0.25, 0.3) is 0 Å². The predicted octanol–water partition coefficient (Wildman–Crippen LogP) is 8.03. The van der Waals surface area contributed by atoms with Gasteiger partial charge in [0.2, 0.25) is 0 Å². The zero-order chi connectivity index (χ0) is 19.7. The normalized spacial score (nSPS) is 54.6. The van der Waals surface area contributed by atoms with E-state index in [4.69, 9.17) is 0 Å². The van der Waals surface area contributed by atoms with Crippen molar-refractivity contribution in [2.45, 2.75) is 106 Å². The standard InChI is InChI=1S/C28H44/c1-25(2,3)27-13-17-7-18(14-27)10-21(9-17)23(27)24-22-11-19-8-20(12-22)16-28(24,15-19)26(4,5)6/h17-22H,7-16H2,1-6H3/b24-23+/t17-,18+,19-,20+,21?,22?,27?,28?. The summed E-state index contributed by atoms with van der Waals surface area (Å²) in [6.45, 7) is 15.7. The van der Waals surface area contributed by atoms with Gasteiger partial charge in [-0.25, -0.2) is 0 Å². The van der Waals surface area contributed by atoms with E-state index >= 15 is 0 Å². The molecule has 0 aromatic heterocycles. The molecule has 0 aromatic carbocycles. The average Bonchev–Trinajstić information content (AvgIpc) is 2.53. The third-order valence-corrected chi connectivity index (χ3v) is 11.4. The second kappa shape index (κ2) is 5.31. The molecule has 0 aromatic rings. The fraction of sp³-hybridized carbons (Fsp3) is 0.929. The van der Waals surface area contributed by atoms with E-state index in [1.165, 1.54) is 25.7 Å². The van der Waals surface area contributed by atoms with Crippen molar-refractivity contribution >= 4 is 0 Å². The van der Waals surface area contributed by atoms with E-state index in [0.29, 0.717) is 21.7 Å². The quantitative estimate of drug-likeness (QED) is 0.373. The molecular formula is C28H44. The fourth-order valence-electron chi connectivity index (χ4n) is 10.6. The van der Waals surface area contributed by atoms with Crippen LogP contribution in [0.2, 0.25) is 0 Å². The second-order valence-electron chi connectivity index (χ2n) is 14.6. The Bertz CT molecular complexity index is 632. The summed E-state index contributed by atoms with van der Waals surface area (Å²) in [7, 11) is 0. The van der Waals surface area contributed by atoms with Crippen LogP contribution in [-0.4, -0.2) is 0 Å². The van der Waals surface area contributed by atoms with Gasteiger partial charge in [-0.15, -0.1) is 0 Å². The molecule has 0 saturated heterocycles. The van der Waals surface area contributed by atoms with Crippen molar-refractivity contribution in [3.05, 3.63) is 11.1 Å². The zero-order valence-electron chi connectivity index (χ0n) is 19.5. The Morgan fingerprint density at radius 3 is 1.04 bits per heavy atom. The van der Waals surface area contributed by atoms with Crippen molar-refractivity contribution in [1.82, 2.24) is 0 Å². The van der Waals surface area contributed by atoms with Gasteiger partial charge < -0.3 is 0 Å². The van der Waals surface area contributed by atoms with Crippen LogP contribution in [0.25, 0.3) is 0 Å². The van der Waals surface area contributed by atoms with Gasteiger partial charge in [-0.3, -0.25) is 0 Å². The van der Waals surface area contributed by atoms with E-state index in [2.05, 4.69) is 52.7 Å². The third kappa shape index (κ3) is 2.14. The fourth-order valence-corrected chi connectivity index (χ4v) is 10.6. The Hall–Kier alpha value is -0.260. The van der Waals surface area contributed by atoms with Crippen LogP contribution in [0.4, 0.5) is 0 Å². The van der Waals surface area contributed by atoms with Crippen molar-refractivity contribution in [2.75, 3.05) is 0 Å². The number of hydrogen-bond donors (Lipinski definition) is 0. The lowest BCUT2D eigenvalue weighted by molar-refractivity contribution is -0.0907. The highest BCUT2D eigenvalue weighted by molar-refractivity contribution is 5.42. The molecule has 8 saturated carbocycles. The number of allylic oxidation sites excluding steroid dienone is 2. The van der Waals surface area contributed by atoms with Gasteiger partial charge in [-0.2, -0.15) is 0 Å². The van der Waals surface area contributed by atoms with Crippen LogP contribution in [0.15, 0.2) is 11.1 Å². The summed E-state index contributed by atoms with van der Waals surface area (Å²) in [5.74, 6) is 6.09. The Balaban J connectivity index is 1.61. The van der Waals surface area contributed by atoms with Crippen LogP contribution >= 0.6 is 0 Å². The first-order valence-corrected chi connectivity index (χ1v) is 12.8. The highest BCUT2D eigenvalue weighted by atomic mass is 14.7. The van der Waals surface area contributed by atoms with Gasteiger partial charge in [0.1, 0.15) is 0 Å². The highest BCUT2D eigenvalue weighted by Crippen LogP contribution is 2.75. The van der Waals surface area contributed by atoms with Crippen LogP contribution in [0.3, 0.4) is 0 Å². The average molecular weight is 381 g/mol. The molecule has 0 N–H and O–H groups in total. The molecule has 0 aliphatic heterocycles. The van der Waals surface area contributed by atoms with Gasteiger partial charge in [0.15, 0.2) is 0 Å². The monoisotopic (exact) mass is 380 g/mol. The topological polar surface area (TPSA) is 0 Å². The van der Waals surface area contributed by atoms with Crippen molar-refractivity contribution < 1.29 is 0 Å². The smallest absolute Gasteiger partial charge is 0.00286 e. The molecule has 0 amide bonds. The van der Waals surface area contributed by atoms with Crippen LogP contribution in [0.5, 0.6) is 0 Å². The van der Waals surface area contributed by atoms with Crippen molar-refractivity contribution in [3.63, 3.8) is 0 Å². The molecule has 8 aliphatic rings. The predicted molar refractivity (Wildman–Crippen MR) is 118 cm³/mol. The minimum absolute atomic E-state index is 0.430. The number of rotatable bonds is 0. The molecule has 0 heteroatoms. The minimum Gasteiger partial charge on any atom is -0.0603 e. The molecule has 4 unspecified atom stereocenters. The van der Waals surface area contributed by atoms with Crippen LogP contribution < -0.4 is 0 Å². The van der Waals surface area contributed by atoms with Crippen LogP contribution in [-0.2, 0) is 0 Å². The van der Waals surface area contributed by atoms with Gasteiger partial charge in [0, 0.05) is 0 Å². The summed E-state index contributed by atoms with van der Waals surface area (Å²) >= 11 is 0. The maximum Gasteiger partial charge on any atom is -0.00286 e. The molecular weight excluding hydrogens is 336 g/mol. The summed E-state index contributed by atoms with van der Waals surface area (Å²) in [4.78, 5) is 0. The molecule has 8 atom stereocenters. The molecule has 8 bridgehead atoms. The van der Waals surface area contributed by atoms with Gasteiger partial charge in [-0.1, -0.05) is 52.7 Å². The Kier molecular flexibility index (Phi) is 3.51. The third-order valence-electron chi connectivity index (χ3n) is 11.4. The largest absolute Gasteiger partial charge is 0.0603 e. The first kappa shape index (κ1) is 18.5. The summed E-state index contributed by atoms with van der Waals surface area (Å²) in [5, 5.41) is 0. The van der Waals surface area contributed by atoms with Crippen molar-refractivity contribution in [1.29, 1.82) is 0 Å². The molecule has 0 heterocycles. The summed E-state index contributed by atoms with van der Waals surface area (Å²) in [5.41, 5.74) is 6.13. The van der Waals surface area contributed by atoms with Gasteiger partial charge in [-0.05, 0) is 121 Å². The molecule has 0 radical (unpaired) electrons. The second-order valence-corrected chi connectivity index (χ2v) is 14.6. The lowest BCUT2D eigenvalue weighted by Gasteiger charge is -2.69. The first-order valence-electron chi connectivity index (χ1n) is 12.8. The maximum atomic E-state index is 2.61. The highest BCUT2D eigenvalue weighted by Gasteiger charge is 2.65. The number of hydrogen-bond acceptors (Lipinski definition) is 0. The molecule has 8 fully saturated rings. The SMILES string of the molecule is CC(C)(C)C12C[C@@H]3CC(C[C@@H](C3)C1)/C2=C1/C2C[C@@H]3C[C@H](C2)CC1(C(C)(C)C)C3. The lowest BCUT2D eigenvalue weighted by Crippen LogP contribution is -2.59. The molecule has 8 aliphatic carbocycles. The van der Waals surface area contributed by atoms with E-state index in [-0.39, 0.29) is 0 Å². The summed E-state index contributed by atoms with van der Waals surface area (Å²) < 4.78 is 0. The minimum atomic E-state index is 0.430. The molecule has 28 heavy (non-hydrogen) atoms. The molecule has 0 nitrogen and oxygen atoms in total. The Morgan fingerprint density at radius 2 is 0.786 bits per heavy atom. The summed E-state index contributed by atoms with van der Waals surface area (Å²) in [6, 6.07) is 0. The van der Waals surface area contributed by atoms with Crippen LogP contribution in [0.1, 0.15) is 106 Å². The van der Waals surface area contributed by atoms with Crippen LogP contribution in [0, 0.1) is 57.2 Å². The van der Waals surface area contributed by atoms with E-state index in [9.17, 15) is 0 Å². The van der Waals surface area contributed by atoms with E-state index in [0.717, 1.165) is 35.5 Å². The van der Waals surface area contributed by atoms with E-state index in [1.54, 1.807) is 38.5 Å². The zero-order valence-corrected chi connectivity index (χ0v) is 19.5.